The van der Waals surface area contributed by atoms with Crippen molar-refractivity contribution in [2.24, 2.45) is 0 Å². The molecule has 0 aliphatic carbocycles. The molecule has 5 rings (SSSR count). The molecule has 3 aliphatic heterocycles. The van der Waals surface area contributed by atoms with Gasteiger partial charge in [0.1, 0.15) is 0 Å². The Bertz CT molecular complexity index is 907. The zero-order chi connectivity index (χ0) is 17.1. The van der Waals surface area contributed by atoms with Crippen molar-refractivity contribution in [3.8, 4) is 23.0 Å². The second-order valence-corrected chi connectivity index (χ2v) is 6.39. The van der Waals surface area contributed by atoms with Crippen LogP contribution in [-0.2, 0) is 13.0 Å². The molecule has 25 heavy (non-hydrogen) atoms. The highest BCUT2D eigenvalue weighted by molar-refractivity contribution is 6.02. The van der Waals surface area contributed by atoms with Gasteiger partial charge >= 0.3 is 0 Å². The van der Waals surface area contributed by atoms with E-state index in [0.29, 0.717) is 23.6 Å². The molecular weight excluding hydrogens is 322 g/mol. The summed E-state index contributed by atoms with van der Waals surface area (Å²) in [7, 11) is 3.14. The van der Waals surface area contributed by atoms with Gasteiger partial charge in [0.25, 0.3) is 5.91 Å². The first-order chi connectivity index (χ1) is 12.2. The summed E-state index contributed by atoms with van der Waals surface area (Å²) in [4.78, 5) is 15.0. The lowest BCUT2D eigenvalue weighted by molar-refractivity contribution is 0.0690. The van der Waals surface area contributed by atoms with E-state index in [1.54, 1.807) is 14.2 Å². The van der Waals surface area contributed by atoms with Crippen LogP contribution in [0.1, 0.15) is 33.1 Å². The average molecular weight is 339 g/mol. The van der Waals surface area contributed by atoms with Crippen LogP contribution >= 0.6 is 0 Å². The van der Waals surface area contributed by atoms with Crippen molar-refractivity contribution in [2.45, 2.75) is 19.0 Å². The van der Waals surface area contributed by atoms with E-state index in [0.717, 1.165) is 29.0 Å². The molecule has 0 spiro atoms. The first-order valence-corrected chi connectivity index (χ1v) is 8.18. The summed E-state index contributed by atoms with van der Waals surface area (Å²) in [6, 6.07) is 7.87. The molecule has 2 aromatic rings. The summed E-state index contributed by atoms with van der Waals surface area (Å²) in [5.41, 5.74) is 3.90. The monoisotopic (exact) mass is 339 g/mol. The highest BCUT2D eigenvalue weighted by Gasteiger charge is 2.43. The minimum absolute atomic E-state index is 0.00942. The lowest BCUT2D eigenvalue weighted by Gasteiger charge is -2.32. The zero-order valence-electron chi connectivity index (χ0n) is 14.0. The predicted molar refractivity (Wildman–Crippen MR) is 88.4 cm³/mol. The van der Waals surface area contributed by atoms with Crippen LogP contribution in [-0.4, -0.2) is 31.8 Å². The molecule has 128 valence electrons. The minimum Gasteiger partial charge on any atom is -0.493 e. The molecular formula is C19H17NO5. The lowest BCUT2D eigenvalue weighted by atomic mass is 9.91. The number of hydrogen-bond acceptors (Lipinski definition) is 5. The Morgan fingerprint density at radius 1 is 1.08 bits per heavy atom. The summed E-state index contributed by atoms with van der Waals surface area (Å²) in [5.74, 6) is 2.61. The fraction of sp³-hybridized carbons (Fsp3) is 0.316. The van der Waals surface area contributed by atoms with E-state index in [4.69, 9.17) is 18.9 Å². The molecule has 0 radical (unpaired) electrons. The zero-order valence-corrected chi connectivity index (χ0v) is 14.0. The van der Waals surface area contributed by atoms with Crippen molar-refractivity contribution in [2.75, 3.05) is 21.0 Å². The minimum atomic E-state index is -0.0148. The van der Waals surface area contributed by atoms with Crippen molar-refractivity contribution in [1.29, 1.82) is 0 Å². The first kappa shape index (κ1) is 14.5. The number of carbonyl (C=O) groups excluding carboxylic acids is 1. The number of nitrogens with zero attached hydrogens (tertiary/aromatic N) is 1. The molecule has 0 N–H and O–H groups in total. The molecule has 0 fully saturated rings. The Morgan fingerprint density at radius 2 is 1.84 bits per heavy atom. The van der Waals surface area contributed by atoms with E-state index < -0.39 is 0 Å². The van der Waals surface area contributed by atoms with Gasteiger partial charge in [0.2, 0.25) is 6.79 Å². The van der Waals surface area contributed by atoms with Gasteiger partial charge in [-0.05, 0) is 41.3 Å². The molecule has 3 heterocycles. The molecule has 0 bridgehead atoms. The topological polar surface area (TPSA) is 57.2 Å². The highest BCUT2D eigenvalue weighted by Crippen LogP contribution is 2.48. The van der Waals surface area contributed by atoms with Crippen molar-refractivity contribution in [3.63, 3.8) is 0 Å². The maximum absolute atomic E-state index is 13.1. The predicted octanol–water partition coefficient (Wildman–Crippen LogP) is 2.69. The number of fused-ring (bicyclic) bond motifs is 5. The van der Waals surface area contributed by atoms with Gasteiger partial charge in [-0.1, -0.05) is 6.07 Å². The summed E-state index contributed by atoms with van der Waals surface area (Å²) in [5, 5.41) is 0. The highest BCUT2D eigenvalue weighted by atomic mass is 16.7. The maximum Gasteiger partial charge on any atom is 0.258 e. The molecule has 3 aliphatic rings. The van der Waals surface area contributed by atoms with Crippen molar-refractivity contribution >= 4 is 5.91 Å². The van der Waals surface area contributed by atoms with Crippen LogP contribution in [0.5, 0.6) is 23.0 Å². The Hall–Kier alpha value is -2.89. The van der Waals surface area contributed by atoms with E-state index in [9.17, 15) is 4.79 Å². The number of benzene rings is 2. The Labute approximate surface area is 144 Å². The van der Waals surface area contributed by atoms with Gasteiger partial charge in [0.05, 0.1) is 25.8 Å². The van der Waals surface area contributed by atoms with Gasteiger partial charge < -0.3 is 23.8 Å². The Kier molecular flexibility index (Phi) is 2.92. The van der Waals surface area contributed by atoms with Crippen LogP contribution in [0.4, 0.5) is 0 Å². The maximum atomic E-state index is 13.1. The SMILES string of the molecule is COc1ccc2c(c1OC)C(=O)N1Cc3cc4c(cc3CC21)OCO4. The molecule has 6 heteroatoms. The van der Waals surface area contributed by atoms with Gasteiger partial charge in [-0.15, -0.1) is 0 Å². The van der Waals surface area contributed by atoms with Gasteiger partial charge in [0, 0.05) is 6.54 Å². The second kappa shape index (κ2) is 5.05. The Balaban J connectivity index is 1.61. The van der Waals surface area contributed by atoms with E-state index in [-0.39, 0.29) is 18.7 Å². The quantitative estimate of drug-likeness (QED) is 0.842. The van der Waals surface area contributed by atoms with Gasteiger partial charge in [0.15, 0.2) is 23.0 Å². The van der Waals surface area contributed by atoms with Crippen LogP contribution in [0.25, 0.3) is 0 Å². The standard InChI is InChI=1S/C19H17NO5/c1-22-14-4-3-12-13-5-10-6-15-16(25-9-24-15)7-11(10)8-20(13)19(21)17(12)18(14)23-2/h3-4,6-7,13H,5,8-9H2,1-2H3. The normalized spacial score (nSPS) is 19.4. The second-order valence-electron chi connectivity index (χ2n) is 6.39. The molecule has 6 nitrogen and oxygen atoms in total. The lowest BCUT2D eigenvalue weighted by Crippen LogP contribution is -2.32. The molecule has 1 atom stereocenters. The van der Waals surface area contributed by atoms with Gasteiger partial charge in [-0.2, -0.15) is 0 Å². The Morgan fingerprint density at radius 3 is 2.56 bits per heavy atom. The van der Waals surface area contributed by atoms with Crippen LogP contribution < -0.4 is 18.9 Å². The van der Waals surface area contributed by atoms with E-state index in [2.05, 4.69) is 0 Å². The third-order valence-corrected chi connectivity index (χ3v) is 5.24. The van der Waals surface area contributed by atoms with Crippen molar-refractivity contribution in [3.05, 3.63) is 46.5 Å². The summed E-state index contributed by atoms with van der Waals surface area (Å²) in [6.45, 7) is 0.805. The van der Waals surface area contributed by atoms with Crippen molar-refractivity contribution < 1.29 is 23.7 Å². The number of methoxy groups -OCH3 is 2. The smallest absolute Gasteiger partial charge is 0.258 e. The molecule has 1 unspecified atom stereocenters. The molecule has 2 aromatic carbocycles. The molecule has 1 amide bonds. The number of amides is 1. The fourth-order valence-electron chi connectivity index (χ4n) is 4.05. The van der Waals surface area contributed by atoms with E-state index in [1.807, 2.05) is 29.2 Å². The number of rotatable bonds is 2. The van der Waals surface area contributed by atoms with Crippen LogP contribution in [0.2, 0.25) is 0 Å². The van der Waals surface area contributed by atoms with Crippen LogP contribution in [0.15, 0.2) is 24.3 Å². The van der Waals surface area contributed by atoms with Gasteiger partial charge in [-0.3, -0.25) is 4.79 Å². The van der Waals surface area contributed by atoms with Crippen LogP contribution in [0, 0.1) is 0 Å². The van der Waals surface area contributed by atoms with Crippen LogP contribution in [0.3, 0.4) is 0 Å². The average Bonchev–Trinajstić information content (AvgIpc) is 3.20. The summed E-state index contributed by atoms with van der Waals surface area (Å²) < 4.78 is 21.8. The largest absolute Gasteiger partial charge is 0.493 e. The van der Waals surface area contributed by atoms with E-state index in [1.165, 1.54) is 5.56 Å². The number of hydrogen-bond donors (Lipinski definition) is 0. The summed E-state index contributed by atoms with van der Waals surface area (Å²) in [6.07, 6.45) is 0.750. The first-order valence-electron chi connectivity index (χ1n) is 8.18. The molecule has 0 saturated carbocycles. The third-order valence-electron chi connectivity index (χ3n) is 5.24. The summed E-state index contributed by atoms with van der Waals surface area (Å²) >= 11 is 0. The molecule has 0 aromatic heterocycles. The molecule has 0 saturated heterocycles. The third kappa shape index (κ3) is 1.88. The fourth-order valence-corrected chi connectivity index (χ4v) is 4.05. The van der Waals surface area contributed by atoms with Gasteiger partial charge in [-0.25, -0.2) is 0 Å². The number of ether oxygens (including phenoxy) is 4. The number of carbonyl (C=O) groups is 1. The van der Waals surface area contributed by atoms with E-state index >= 15 is 0 Å². The van der Waals surface area contributed by atoms with Crippen molar-refractivity contribution in [1.82, 2.24) is 4.90 Å².